The average Bonchev–Trinajstić information content (AvgIpc) is 2.84. The van der Waals surface area contributed by atoms with Crippen molar-refractivity contribution >= 4 is 5.91 Å². The van der Waals surface area contributed by atoms with E-state index < -0.39 is 0 Å². The third kappa shape index (κ3) is 3.51. The number of aryl methyl sites for hydroxylation is 1. The number of nitrogens with zero attached hydrogens (tertiary/aromatic N) is 3. The van der Waals surface area contributed by atoms with Gasteiger partial charge in [-0.25, -0.2) is 4.98 Å². The Morgan fingerprint density at radius 1 is 1.47 bits per heavy atom. The predicted molar refractivity (Wildman–Crippen MR) is 65.9 cm³/mol. The molecule has 0 atom stereocenters. The SMILES string of the molecule is COc1ccc(C(=O)NCCc2noc(C)n2)cn1. The largest absolute Gasteiger partial charge is 0.481 e. The van der Waals surface area contributed by atoms with Gasteiger partial charge in [-0.2, -0.15) is 4.98 Å². The maximum atomic E-state index is 11.8. The van der Waals surface area contributed by atoms with Crippen molar-refractivity contribution in [1.82, 2.24) is 20.4 Å². The number of carbonyl (C=O) groups is 1. The first-order valence-electron chi connectivity index (χ1n) is 5.76. The van der Waals surface area contributed by atoms with Crippen molar-refractivity contribution in [3.8, 4) is 5.88 Å². The number of pyridine rings is 1. The Labute approximate surface area is 110 Å². The van der Waals surface area contributed by atoms with Crippen LogP contribution in [0.15, 0.2) is 22.9 Å². The van der Waals surface area contributed by atoms with Gasteiger partial charge in [-0.15, -0.1) is 0 Å². The van der Waals surface area contributed by atoms with Gasteiger partial charge in [0.1, 0.15) is 0 Å². The molecule has 0 aliphatic carbocycles. The molecule has 2 aromatic rings. The Kier molecular flexibility index (Phi) is 4.07. The molecule has 0 unspecified atom stereocenters. The highest BCUT2D eigenvalue weighted by Gasteiger charge is 2.07. The standard InChI is InChI=1S/C12H14N4O3/c1-8-15-10(16-19-8)5-6-13-12(17)9-3-4-11(18-2)14-7-9/h3-4,7H,5-6H2,1-2H3,(H,13,17). The molecule has 0 spiro atoms. The molecule has 0 saturated carbocycles. The zero-order valence-electron chi connectivity index (χ0n) is 10.7. The molecular formula is C12H14N4O3. The van der Waals surface area contributed by atoms with E-state index in [2.05, 4.69) is 20.4 Å². The normalized spacial score (nSPS) is 10.2. The van der Waals surface area contributed by atoms with Crippen LogP contribution in [0.4, 0.5) is 0 Å². The molecule has 0 aromatic carbocycles. The number of rotatable bonds is 5. The van der Waals surface area contributed by atoms with Crippen molar-refractivity contribution in [1.29, 1.82) is 0 Å². The van der Waals surface area contributed by atoms with E-state index in [1.165, 1.54) is 13.3 Å². The summed E-state index contributed by atoms with van der Waals surface area (Å²) < 4.78 is 9.75. The summed E-state index contributed by atoms with van der Waals surface area (Å²) in [6.07, 6.45) is 1.99. The Bertz CT molecular complexity index is 550. The Hall–Kier alpha value is -2.44. The van der Waals surface area contributed by atoms with Gasteiger partial charge >= 0.3 is 0 Å². The molecule has 7 nitrogen and oxygen atoms in total. The van der Waals surface area contributed by atoms with Gasteiger partial charge in [-0.05, 0) is 6.07 Å². The third-order valence-corrected chi connectivity index (χ3v) is 2.41. The number of hydrogen-bond acceptors (Lipinski definition) is 6. The lowest BCUT2D eigenvalue weighted by atomic mass is 10.2. The Morgan fingerprint density at radius 3 is 2.89 bits per heavy atom. The van der Waals surface area contributed by atoms with E-state index in [0.717, 1.165) is 0 Å². The lowest BCUT2D eigenvalue weighted by molar-refractivity contribution is 0.0953. The van der Waals surface area contributed by atoms with Crippen molar-refractivity contribution in [2.75, 3.05) is 13.7 Å². The molecule has 2 aromatic heterocycles. The number of carbonyl (C=O) groups excluding carboxylic acids is 1. The molecule has 0 saturated heterocycles. The maximum absolute atomic E-state index is 11.8. The third-order valence-electron chi connectivity index (χ3n) is 2.41. The molecule has 2 rings (SSSR count). The fraction of sp³-hybridized carbons (Fsp3) is 0.333. The van der Waals surface area contributed by atoms with Crippen LogP contribution in [0, 0.1) is 6.92 Å². The van der Waals surface area contributed by atoms with Crippen LogP contribution < -0.4 is 10.1 Å². The highest BCUT2D eigenvalue weighted by atomic mass is 16.5. The van der Waals surface area contributed by atoms with E-state index in [4.69, 9.17) is 9.26 Å². The number of methoxy groups -OCH3 is 1. The number of hydrogen-bond donors (Lipinski definition) is 1. The lowest BCUT2D eigenvalue weighted by Gasteiger charge is -2.04. The van der Waals surface area contributed by atoms with Crippen molar-refractivity contribution in [3.05, 3.63) is 35.6 Å². The highest BCUT2D eigenvalue weighted by Crippen LogP contribution is 2.06. The molecular weight excluding hydrogens is 248 g/mol. The zero-order chi connectivity index (χ0) is 13.7. The van der Waals surface area contributed by atoms with Crippen molar-refractivity contribution in [3.63, 3.8) is 0 Å². The molecule has 1 N–H and O–H groups in total. The Morgan fingerprint density at radius 2 is 2.32 bits per heavy atom. The van der Waals surface area contributed by atoms with Gasteiger partial charge in [-0.1, -0.05) is 5.16 Å². The Balaban J connectivity index is 1.83. The number of nitrogens with one attached hydrogen (secondary N) is 1. The van der Waals surface area contributed by atoms with Gasteiger partial charge in [0.25, 0.3) is 5.91 Å². The molecule has 100 valence electrons. The van der Waals surface area contributed by atoms with E-state index in [1.807, 2.05) is 0 Å². The fourth-order valence-corrected chi connectivity index (χ4v) is 1.47. The summed E-state index contributed by atoms with van der Waals surface area (Å²) in [5.41, 5.74) is 0.477. The summed E-state index contributed by atoms with van der Waals surface area (Å²) in [6, 6.07) is 3.29. The van der Waals surface area contributed by atoms with Crippen LogP contribution >= 0.6 is 0 Å². The molecule has 0 aliphatic heterocycles. The lowest BCUT2D eigenvalue weighted by Crippen LogP contribution is -2.26. The molecule has 19 heavy (non-hydrogen) atoms. The van der Waals surface area contributed by atoms with E-state index in [1.54, 1.807) is 19.1 Å². The van der Waals surface area contributed by atoms with Crippen molar-refractivity contribution < 1.29 is 14.1 Å². The summed E-state index contributed by atoms with van der Waals surface area (Å²) in [6.45, 7) is 2.15. The van der Waals surface area contributed by atoms with Gasteiger partial charge in [0.05, 0.1) is 12.7 Å². The van der Waals surface area contributed by atoms with Gasteiger partial charge in [0.15, 0.2) is 5.82 Å². The minimum absolute atomic E-state index is 0.199. The first-order chi connectivity index (χ1) is 9.19. The first-order valence-corrected chi connectivity index (χ1v) is 5.76. The van der Waals surface area contributed by atoms with Crippen molar-refractivity contribution in [2.24, 2.45) is 0 Å². The molecule has 0 radical (unpaired) electrons. The molecule has 0 fully saturated rings. The smallest absolute Gasteiger partial charge is 0.252 e. The van der Waals surface area contributed by atoms with Crippen molar-refractivity contribution in [2.45, 2.75) is 13.3 Å². The van der Waals surface area contributed by atoms with E-state index in [0.29, 0.717) is 36.1 Å². The number of ether oxygens (including phenoxy) is 1. The second-order valence-electron chi connectivity index (χ2n) is 3.82. The molecule has 0 aliphatic rings. The topological polar surface area (TPSA) is 90.1 Å². The fourth-order valence-electron chi connectivity index (χ4n) is 1.47. The van der Waals surface area contributed by atoms with Gasteiger partial charge in [0, 0.05) is 32.2 Å². The van der Waals surface area contributed by atoms with Crippen LogP contribution in [0.1, 0.15) is 22.1 Å². The summed E-state index contributed by atoms with van der Waals surface area (Å²) in [7, 11) is 1.52. The van der Waals surface area contributed by atoms with Crippen LogP contribution in [0.3, 0.4) is 0 Å². The second kappa shape index (κ2) is 5.94. The summed E-state index contributed by atoms with van der Waals surface area (Å²) in [5.74, 6) is 1.36. The molecule has 2 heterocycles. The van der Waals surface area contributed by atoms with Crippen LogP contribution in [0.5, 0.6) is 5.88 Å². The highest BCUT2D eigenvalue weighted by molar-refractivity contribution is 5.93. The molecule has 0 bridgehead atoms. The number of amides is 1. The van der Waals surface area contributed by atoms with Crippen LogP contribution in [-0.2, 0) is 6.42 Å². The predicted octanol–water partition coefficient (Wildman–Crippen LogP) is 0.754. The molecule has 7 heteroatoms. The van der Waals surface area contributed by atoms with Gasteiger partial charge in [-0.3, -0.25) is 4.79 Å². The van der Waals surface area contributed by atoms with E-state index >= 15 is 0 Å². The van der Waals surface area contributed by atoms with E-state index in [9.17, 15) is 4.79 Å². The number of aromatic nitrogens is 3. The quantitative estimate of drug-likeness (QED) is 0.855. The molecule has 1 amide bonds. The minimum Gasteiger partial charge on any atom is -0.481 e. The zero-order valence-corrected chi connectivity index (χ0v) is 10.7. The maximum Gasteiger partial charge on any atom is 0.252 e. The summed E-state index contributed by atoms with van der Waals surface area (Å²) >= 11 is 0. The van der Waals surface area contributed by atoms with Gasteiger partial charge < -0.3 is 14.6 Å². The monoisotopic (exact) mass is 262 g/mol. The van der Waals surface area contributed by atoms with Crippen LogP contribution in [0.25, 0.3) is 0 Å². The summed E-state index contributed by atoms with van der Waals surface area (Å²) in [5, 5.41) is 6.49. The summed E-state index contributed by atoms with van der Waals surface area (Å²) in [4.78, 5) is 19.8. The second-order valence-corrected chi connectivity index (χ2v) is 3.82. The first kappa shape index (κ1) is 13.0. The minimum atomic E-state index is -0.199. The van der Waals surface area contributed by atoms with Crippen LogP contribution in [-0.4, -0.2) is 34.7 Å². The van der Waals surface area contributed by atoms with Crippen LogP contribution in [0.2, 0.25) is 0 Å². The van der Waals surface area contributed by atoms with Gasteiger partial charge in [0.2, 0.25) is 11.8 Å². The average molecular weight is 262 g/mol. The van der Waals surface area contributed by atoms with E-state index in [-0.39, 0.29) is 5.91 Å².